The van der Waals surface area contributed by atoms with E-state index in [9.17, 15) is 0 Å². The van der Waals surface area contributed by atoms with Crippen molar-refractivity contribution in [3.8, 4) is 0 Å². The van der Waals surface area contributed by atoms with Gasteiger partial charge in [0.05, 0.1) is 6.54 Å². The van der Waals surface area contributed by atoms with Crippen molar-refractivity contribution < 1.29 is 0 Å². The van der Waals surface area contributed by atoms with E-state index < -0.39 is 0 Å². The highest BCUT2D eigenvalue weighted by atomic mass is 15.2. The lowest BCUT2D eigenvalue weighted by Crippen LogP contribution is -2.55. The molecule has 0 radical (unpaired) electrons. The zero-order valence-corrected chi connectivity index (χ0v) is 8.71. The fourth-order valence-electron chi connectivity index (χ4n) is 2.82. The Balaban J connectivity index is 1.65. The first-order valence-corrected chi connectivity index (χ1v) is 5.48. The minimum Gasteiger partial charge on any atom is -0.370 e. The van der Waals surface area contributed by atoms with Crippen LogP contribution in [0.5, 0.6) is 0 Å². The molecule has 1 saturated heterocycles. The smallest absolute Gasteiger partial charge is 0.185 e. The topological polar surface area (TPSA) is 67.6 Å². The molecule has 0 aromatic heterocycles. The van der Waals surface area contributed by atoms with Crippen molar-refractivity contribution in [2.45, 2.75) is 25.7 Å². The third kappa shape index (κ3) is 2.00. The summed E-state index contributed by atoms with van der Waals surface area (Å²) in [6.45, 7) is 4.30. The third-order valence-electron chi connectivity index (χ3n) is 3.49. The van der Waals surface area contributed by atoms with Crippen LogP contribution in [0.3, 0.4) is 0 Å². The molecule has 4 heteroatoms. The van der Waals surface area contributed by atoms with E-state index in [0.29, 0.717) is 5.41 Å². The fourth-order valence-corrected chi connectivity index (χ4v) is 2.82. The molecule has 0 amide bonds. The van der Waals surface area contributed by atoms with Crippen LogP contribution in [0.1, 0.15) is 25.7 Å². The van der Waals surface area contributed by atoms with Gasteiger partial charge < -0.3 is 16.4 Å². The molecule has 14 heavy (non-hydrogen) atoms. The number of nitrogens with zero attached hydrogens (tertiary/aromatic N) is 2. The molecule has 2 aliphatic rings. The molecule has 4 N–H and O–H groups in total. The normalized spacial score (nSPS) is 24.9. The first-order valence-electron chi connectivity index (χ1n) is 5.48. The van der Waals surface area contributed by atoms with Gasteiger partial charge in [0, 0.05) is 19.6 Å². The van der Waals surface area contributed by atoms with Crippen molar-refractivity contribution >= 4 is 5.96 Å². The van der Waals surface area contributed by atoms with Crippen LogP contribution in [0.25, 0.3) is 0 Å². The van der Waals surface area contributed by atoms with Crippen LogP contribution in [0, 0.1) is 5.41 Å². The molecular weight excluding hydrogens is 176 g/mol. The van der Waals surface area contributed by atoms with E-state index >= 15 is 0 Å². The van der Waals surface area contributed by atoms with Gasteiger partial charge in [-0.15, -0.1) is 0 Å². The molecule has 0 unspecified atom stereocenters. The van der Waals surface area contributed by atoms with Crippen molar-refractivity contribution in [3.63, 3.8) is 0 Å². The van der Waals surface area contributed by atoms with Gasteiger partial charge in [-0.2, -0.15) is 0 Å². The number of aliphatic imine (C=N–C) groups is 1. The van der Waals surface area contributed by atoms with Gasteiger partial charge in [-0.25, -0.2) is 0 Å². The van der Waals surface area contributed by atoms with Gasteiger partial charge in [-0.05, 0) is 18.3 Å². The third-order valence-corrected chi connectivity index (χ3v) is 3.49. The van der Waals surface area contributed by atoms with E-state index in [1.165, 1.54) is 38.8 Å². The number of hydrogen-bond donors (Lipinski definition) is 2. The maximum Gasteiger partial charge on any atom is 0.185 e. The molecule has 2 fully saturated rings. The quantitative estimate of drug-likeness (QED) is 0.498. The summed E-state index contributed by atoms with van der Waals surface area (Å²) in [5, 5.41) is 0. The summed E-state index contributed by atoms with van der Waals surface area (Å²) >= 11 is 0. The van der Waals surface area contributed by atoms with E-state index in [1.54, 1.807) is 0 Å². The highest BCUT2D eigenvalue weighted by Crippen LogP contribution is 2.45. The molecule has 2 rings (SSSR count). The second-order valence-electron chi connectivity index (χ2n) is 4.72. The van der Waals surface area contributed by atoms with E-state index in [-0.39, 0.29) is 5.96 Å². The Kier molecular flexibility index (Phi) is 2.63. The predicted molar refractivity (Wildman–Crippen MR) is 58.0 cm³/mol. The van der Waals surface area contributed by atoms with Gasteiger partial charge in [0.1, 0.15) is 0 Å². The molecule has 1 aliphatic heterocycles. The molecule has 1 saturated carbocycles. The first-order chi connectivity index (χ1) is 6.70. The van der Waals surface area contributed by atoms with Crippen molar-refractivity contribution in [1.82, 2.24) is 4.90 Å². The van der Waals surface area contributed by atoms with Crippen LogP contribution in [-0.2, 0) is 0 Å². The second kappa shape index (κ2) is 3.77. The van der Waals surface area contributed by atoms with Crippen molar-refractivity contribution in [1.29, 1.82) is 0 Å². The Morgan fingerprint density at radius 1 is 1.21 bits per heavy atom. The van der Waals surface area contributed by atoms with Crippen LogP contribution in [0.4, 0.5) is 0 Å². The molecular formula is C10H20N4. The van der Waals surface area contributed by atoms with Crippen LogP contribution in [0.2, 0.25) is 0 Å². The summed E-state index contributed by atoms with van der Waals surface area (Å²) in [4.78, 5) is 6.45. The number of guanidine groups is 1. The highest BCUT2D eigenvalue weighted by Gasteiger charge is 2.43. The zero-order valence-electron chi connectivity index (χ0n) is 8.71. The number of rotatable bonds is 3. The van der Waals surface area contributed by atoms with Crippen LogP contribution in [-0.4, -0.2) is 37.0 Å². The molecule has 80 valence electrons. The summed E-state index contributed by atoms with van der Waals surface area (Å²) < 4.78 is 0. The first kappa shape index (κ1) is 9.77. The molecule has 0 bridgehead atoms. The minimum absolute atomic E-state index is 0.209. The zero-order chi connectivity index (χ0) is 10.0. The van der Waals surface area contributed by atoms with Crippen molar-refractivity contribution in [2.75, 3.05) is 26.2 Å². The Morgan fingerprint density at radius 3 is 2.43 bits per heavy atom. The SMILES string of the molecule is NC(N)=NCCN1CC2(CCCC2)C1. The van der Waals surface area contributed by atoms with E-state index in [0.717, 1.165) is 13.1 Å². The number of likely N-dealkylation sites (tertiary alicyclic amines) is 1. The lowest BCUT2D eigenvalue weighted by molar-refractivity contribution is 0.00905. The molecule has 0 aromatic carbocycles. The second-order valence-corrected chi connectivity index (χ2v) is 4.72. The highest BCUT2D eigenvalue weighted by molar-refractivity contribution is 5.75. The summed E-state index contributed by atoms with van der Waals surface area (Å²) in [7, 11) is 0. The summed E-state index contributed by atoms with van der Waals surface area (Å²) in [5.74, 6) is 0.209. The summed E-state index contributed by atoms with van der Waals surface area (Å²) in [6, 6.07) is 0. The summed E-state index contributed by atoms with van der Waals surface area (Å²) in [6.07, 6.45) is 5.74. The Morgan fingerprint density at radius 2 is 1.86 bits per heavy atom. The van der Waals surface area contributed by atoms with Gasteiger partial charge in [0.15, 0.2) is 5.96 Å². The fraction of sp³-hybridized carbons (Fsp3) is 0.900. The van der Waals surface area contributed by atoms with Gasteiger partial charge >= 0.3 is 0 Å². The number of nitrogens with two attached hydrogens (primary N) is 2. The van der Waals surface area contributed by atoms with Gasteiger partial charge in [-0.3, -0.25) is 4.99 Å². The van der Waals surface area contributed by atoms with Gasteiger partial charge in [0.2, 0.25) is 0 Å². The maximum absolute atomic E-state index is 5.26. The van der Waals surface area contributed by atoms with Crippen LogP contribution >= 0.6 is 0 Å². The minimum atomic E-state index is 0.209. The Hall–Kier alpha value is -0.770. The maximum atomic E-state index is 5.26. The lowest BCUT2D eigenvalue weighted by atomic mass is 9.78. The predicted octanol–water partition coefficient (Wildman–Crippen LogP) is 0.136. The van der Waals surface area contributed by atoms with Crippen LogP contribution < -0.4 is 11.5 Å². The Labute approximate surface area is 85.3 Å². The van der Waals surface area contributed by atoms with Gasteiger partial charge in [-0.1, -0.05) is 12.8 Å². The standard InChI is InChI=1S/C10H20N4/c11-9(12)13-5-6-14-7-10(8-14)3-1-2-4-10/h1-8H2,(H4,11,12,13). The van der Waals surface area contributed by atoms with Crippen LogP contribution in [0.15, 0.2) is 4.99 Å². The monoisotopic (exact) mass is 196 g/mol. The molecule has 0 atom stereocenters. The van der Waals surface area contributed by atoms with Gasteiger partial charge in [0.25, 0.3) is 0 Å². The average molecular weight is 196 g/mol. The Bertz CT molecular complexity index is 218. The van der Waals surface area contributed by atoms with E-state index in [2.05, 4.69) is 9.89 Å². The average Bonchev–Trinajstić information content (AvgIpc) is 2.51. The molecule has 1 spiro atoms. The lowest BCUT2D eigenvalue weighted by Gasteiger charge is -2.48. The summed E-state index contributed by atoms with van der Waals surface area (Å²) in [5.41, 5.74) is 11.2. The largest absolute Gasteiger partial charge is 0.370 e. The van der Waals surface area contributed by atoms with E-state index in [1.807, 2.05) is 0 Å². The molecule has 0 aromatic rings. The molecule has 1 heterocycles. The number of hydrogen-bond acceptors (Lipinski definition) is 2. The van der Waals surface area contributed by atoms with E-state index in [4.69, 9.17) is 11.5 Å². The van der Waals surface area contributed by atoms with Crippen molar-refractivity contribution in [2.24, 2.45) is 21.9 Å². The van der Waals surface area contributed by atoms with Crippen molar-refractivity contribution in [3.05, 3.63) is 0 Å². The molecule has 1 aliphatic carbocycles. The molecule has 4 nitrogen and oxygen atoms in total.